The van der Waals surface area contributed by atoms with Crippen molar-refractivity contribution in [3.05, 3.63) is 62.8 Å². The predicted octanol–water partition coefficient (Wildman–Crippen LogP) is 6.52. The number of methoxy groups -OCH3 is 1. The number of ether oxygens (including phenoxy) is 2. The zero-order chi connectivity index (χ0) is 31.2. The van der Waals surface area contributed by atoms with Crippen LogP contribution in [0.5, 0.6) is 0 Å². The zero-order valence-corrected chi connectivity index (χ0v) is 26.1. The predicted molar refractivity (Wildman–Crippen MR) is 158 cm³/mol. The number of carbonyl (C=O) groups is 2. The molecule has 1 aliphatic carbocycles. The molecule has 0 aromatic carbocycles. The van der Waals surface area contributed by atoms with Crippen LogP contribution in [-0.4, -0.2) is 71.5 Å². The highest BCUT2D eigenvalue weighted by molar-refractivity contribution is 7.09. The van der Waals surface area contributed by atoms with Crippen LogP contribution in [0, 0.1) is 5.41 Å². The molecule has 3 aliphatic heterocycles. The topological polar surface area (TPSA) is 72.0 Å². The number of piperidine rings is 1. The minimum Gasteiger partial charge on any atom is -0.496 e. The van der Waals surface area contributed by atoms with Crippen LogP contribution in [0.25, 0.3) is 5.57 Å². The molecule has 7 nitrogen and oxygen atoms in total. The zero-order valence-electron chi connectivity index (χ0n) is 25.3. The van der Waals surface area contributed by atoms with Gasteiger partial charge >= 0.3 is 6.18 Å². The molecule has 2 fully saturated rings. The third-order valence-corrected chi connectivity index (χ3v) is 9.92. The van der Waals surface area contributed by atoms with E-state index in [1.807, 2.05) is 5.38 Å². The first kappa shape index (κ1) is 31.1. The van der Waals surface area contributed by atoms with E-state index in [2.05, 4.69) is 19.6 Å². The van der Waals surface area contributed by atoms with Gasteiger partial charge in [0.1, 0.15) is 6.26 Å². The largest absolute Gasteiger partial charge is 0.496 e. The highest BCUT2D eigenvalue weighted by Crippen LogP contribution is 2.50. The summed E-state index contributed by atoms with van der Waals surface area (Å²) in [7, 11) is 1.55. The Balaban J connectivity index is 1.20. The van der Waals surface area contributed by atoms with E-state index in [4.69, 9.17) is 14.5 Å². The second-order valence-corrected chi connectivity index (χ2v) is 13.6. The Bertz CT molecular complexity index is 1460. The molecule has 1 saturated carbocycles. The molecule has 1 spiro atoms. The van der Waals surface area contributed by atoms with Crippen LogP contribution in [0.1, 0.15) is 76.4 Å². The Morgan fingerprint density at radius 2 is 1.95 bits per heavy atom. The lowest BCUT2D eigenvalue weighted by atomic mass is 9.66. The van der Waals surface area contributed by atoms with Gasteiger partial charge in [-0.05, 0) is 44.1 Å². The van der Waals surface area contributed by atoms with Crippen LogP contribution >= 0.6 is 11.3 Å². The van der Waals surface area contributed by atoms with E-state index in [0.717, 1.165) is 40.9 Å². The molecule has 5 rings (SSSR count). The highest BCUT2D eigenvalue weighted by atomic mass is 32.1. The Morgan fingerprint density at radius 3 is 2.63 bits per heavy atom. The number of amides is 1. The van der Waals surface area contributed by atoms with Crippen molar-refractivity contribution in [2.24, 2.45) is 5.41 Å². The minimum atomic E-state index is -4.46. The van der Waals surface area contributed by atoms with Crippen molar-refractivity contribution in [2.75, 3.05) is 33.3 Å². The number of alkyl halides is 3. The van der Waals surface area contributed by atoms with Crippen LogP contribution in [0.2, 0.25) is 0 Å². The maximum absolute atomic E-state index is 13.5. The van der Waals surface area contributed by atoms with Gasteiger partial charge in [-0.3, -0.25) is 9.59 Å². The van der Waals surface area contributed by atoms with Gasteiger partial charge in [0.05, 0.1) is 36.2 Å². The first-order chi connectivity index (χ1) is 20.2. The van der Waals surface area contributed by atoms with Gasteiger partial charge in [0, 0.05) is 61.1 Å². The van der Waals surface area contributed by atoms with Gasteiger partial charge < -0.3 is 19.3 Å². The van der Waals surface area contributed by atoms with E-state index in [1.54, 1.807) is 36.5 Å². The van der Waals surface area contributed by atoms with Crippen molar-refractivity contribution in [1.82, 2.24) is 14.8 Å². The molecule has 1 saturated heterocycles. The Labute approximate surface area is 254 Å². The van der Waals surface area contributed by atoms with E-state index in [-0.39, 0.29) is 35.1 Å². The van der Waals surface area contributed by atoms with Gasteiger partial charge in [-0.2, -0.15) is 13.2 Å². The fraction of sp³-hybridized carbons (Fsp3) is 0.562. The molecule has 1 aromatic rings. The van der Waals surface area contributed by atoms with Gasteiger partial charge in [0.2, 0.25) is 5.91 Å². The third kappa shape index (κ3) is 6.34. The number of carbonyl (C=O) groups excluding carboxylic acids is 2. The van der Waals surface area contributed by atoms with Crippen molar-refractivity contribution in [2.45, 2.75) is 77.5 Å². The van der Waals surface area contributed by atoms with Crippen molar-refractivity contribution in [3.63, 3.8) is 0 Å². The molecular formula is C32H38F3N3O4S. The van der Waals surface area contributed by atoms with Crippen molar-refractivity contribution in [1.29, 1.82) is 0 Å². The van der Waals surface area contributed by atoms with Gasteiger partial charge in [-0.1, -0.05) is 25.2 Å². The number of thiazole rings is 1. The molecule has 11 heteroatoms. The average molecular weight is 618 g/mol. The Kier molecular flexibility index (Phi) is 8.44. The molecule has 0 N–H and O–H groups in total. The summed E-state index contributed by atoms with van der Waals surface area (Å²) < 4.78 is 51.6. The van der Waals surface area contributed by atoms with Crippen molar-refractivity contribution >= 4 is 28.6 Å². The van der Waals surface area contributed by atoms with Gasteiger partial charge in [0.25, 0.3) is 0 Å². The van der Waals surface area contributed by atoms with Crippen LogP contribution in [0.4, 0.5) is 13.2 Å². The van der Waals surface area contributed by atoms with E-state index in [9.17, 15) is 22.8 Å². The van der Waals surface area contributed by atoms with E-state index in [1.165, 1.54) is 18.1 Å². The molecule has 4 heterocycles. The highest BCUT2D eigenvalue weighted by Gasteiger charge is 2.53. The monoisotopic (exact) mass is 617 g/mol. The minimum absolute atomic E-state index is 0.0329. The van der Waals surface area contributed by atoms with Crippen molar-refractivity contribution < 1.29 is 32.2 Å². The molecule has 4 aliphatic rings. The molecule has 43 heavy (non-hydrogen) atoms. The normalized spacial score (nSPS) is 24.6. The quantitative estimate of drug-likeness (QED) is 0.277. The van der Waals surface area contributed by atoms with E-state index >= 15 is 0 Å². The van der Waals surface area contributed by atoms with Crippen LogP contribution in [0.3, 0.4) is 0 Å². The summed E-state index contributed by atoms with van der Waals surface area (Å²) in [6.45, 7) is 8.54. The number of hydrogen-bond donors (Lipinski definition) is 0. The summed E-state index contributed by atoms with van der Waals surface area (Å²) in [4.78, 5) is 34.5. The van der Waals surface area contributed by atoms with E-state index < -0.39 is 17.4 Å². The standard InChI is InChI=1S/C32H38F3N3O4S/c1-20-15-37(16-25(21(20)2)32(33,34)35)17-28(40)38-9-6-22(7-10-38)29-36-26(19-43-29)23-12-31(42-18-23)24(8-11-41-5)13-30(3,4)14-27(31)39/h11,16,18-19,22H,6-7,9-10,12-15,17H2,1-5H3. The number of allylic oxidation sites excluding steroid dienone is 2. The first-order valence-corrected chi connectivity index (χ1v) is 15.4. The van der Waals surface area contributed by atoms with Gasteiger partial charge in [-0.15, -0.1) is 11.3 Å². The molecule has 232 valence electrons. The average Bonchev–Trinajstić information content (AvgIpc) is 3.60. The number of ketones is 1. The molecule has 1 amide bonds. The molecule has 1 atom stereocenters. The number of aromatic nitrogens is 1. The number of likely N-dealkylation sites (tertiary alicyclic amines) is 1. The summed E-state index contributed by atoms with van der Waals surface area (Å²) in [6.07, 6.45) is 2.67. The number of hydrogen-bond acceptors (Lipinski definition) is 7. The SMILES string of the molecule is COC=C=C1CC(C)(C)CC(=O)C12CC(c1csc(C3CCN(C(=O)CN4C=C(C(F)(F)F)C(C)=C(C)C4)CC3)n1)=CO2. The van der Waals surface area contributed by atoms with Crippen LogP contribution in [-0.2, 0) is 19.1 Å². The molecule has 0 bridgehead atoms. The second-order valence-electron chi connectivity index (χ2n) is 12.8. The van der Waals surface area contributed by atoms with Crippen molar-refractivity contribution in [3.8, 4) is 0 Å². The lowest BCUT2D eigenvalue weighted by Crippen LogP contribution is -2.47. The summed E-state index contributed by atoms with van der Waals surface area (Å²) in [5.41, 5.74) is 4.48. The van der Waals surface area contributed by atoms with Gasteiger partial charge in [-0.25, -0.2) is 4.98 Å². The summed E-state index contributed by atoms with van der Waals surface area (Å²) in [6, 6.07) is 0. The van der Waals surface area contributed by atoms with Gasteiger partial charge in [0.15, 0.2) is 11.4 Å². The fourth-order valence-corrected chi connectivity index (χ4v) is 7.40. The second kappa shape index (κ2) is 11.7. The lowest BCUT2D eigenvalue weighted by molar-refractivity contribution is -0.138. The molecule has 1 aromatic heterocycles. The molecular weight excluding hydrogens is 579 g/mol. The smallest absolute Gasteiger partial charge is 0.418 e. The first-order valence-electron chi connectivity index (χ1n) is 14.5. The molecule has 0 radical (unpaired) electrons. The maximum atomic E-state index is 13.5. The Morgan fingerprint density at radius 1 is 1.23 bits per heavy atom. The van der Waals surface area contributed by atoms with E-state index in [0.29, 0.717) is 44.5 Å². The number of Topliss-reactive ketones (excluding diaryl/α,β-unsaturated/α-hetero) is 1. The number of halogens is 3. The van der Waals surface area contributed by atoms with Crippen LogP contribution in [0.15, 0.2) is 52.1 Å². The summed E-state index contributed by atoms with van der Waals surface area (Å²) in [5.74, 6) is 0.0376. The lowest BCUT2D eigenvalue weighted by Gasteiger charge is -2.40. The molecule has 1 unspecified atom stereocenters. The van der Waals surface area contributed by atoms with Crippen LogP contribution < -0.4 is 0 Å². The fourth-order valence-electron chi connectivity index (χ4n) is 6.38. The number of nitrogens with zero attached hydrogens (tertiary/aromatic N) is 3. The number of rotatable bonds is 5. The summed E-state index contributed by atoms with van der Waals surface area (Å²) in [5, 5.41) is 2.96. The summed E-state index contributed by atoms with van der Waals surface area (Å²) >= 11 is 1.56. The Hall–Kier alpha value is -3.30. The third-order valence-electron chi connectivity index (χ3n) is 8.91. The maximum Gasteiger partial charge on any atom is 0.418 e.